The van der Waals surface area contributed by atoms with Gasteiger partial charge in [-0.3, -0.25) is 0 Å². The van der Waals surface area contributed by atoms with E-state index in [2.05, 4.69) is 21.7 Å². The van der Waals surface area contributed by atoms with Crippen molar-refractivity contribution in [1.29, 1.82) is 0 Å². The van der Waals surface area contributed by atoms with Crippen LogP contribution in [0.5, 0.6) is 5.75 Å². The number of anilines is 1. The lowest BCUT2D eigenvalue weighted by molar-refractivity contribution is 0.244. The second kappa shape index (κ2) is 8.61. The van der Waals surface area contributed by atoms with Crippen LogP contribution in [0.15, 0.2) is 42.5 Å². The Morgan fingerprint density at radius 1 is 1.18 bits per heavy atom. The van der Waals surface area contributed by atoms with Crippen LogP contribution < -0.4 is 15.4 Å². The van der Waals surface area contributed by atoms with E-state index in [4.69, 9.17) is 4.74 Å². The zero-order valence-corrected chi connectivity index (χ0v) is 16.8. The van der Waals surface area contributed by atoms with Crippen molar-refractivity contribution in [2.75, 3.05) is 5.32 Å². The summed E-state index contributed by atoms with van der Waals surface area (Å²) in [6.45, 7) is 2.41. The van der Waals surface area contributed by atoms with E-state index in [1.165, 1.54) is 24.0 Å². The number of urea groups is 1. The van der Waals surface area contributed by atoms with Crippen LogP contribution in [0.25, 0.3) is 10.2 Å². The molecule has 6 heteroatoms. The number of carbonyl (C=O) groups excluding carboxylic acids is 1. The van der Waals surface area contributed by atoms with Gasteiger partial charge in [-0.1, -0.05) is 31.4 Å². The van der Waals surface area contributed by atoms with E-state index >= 15 is 0 Å². The molecule has 0 saturated heterocycles. The van der Waals surface area contributed by atoms with E-state index in [0.717, 1.165) is 40.4 Å². The monoisotopic (exact) mass is 395 g/mol. The molecule has 0 aliphatic heterocycles. The number of ether oxygens (including phenoxy) is 1. The van der Waals surface area contributed by atoms with Crippen LogP contribution in [-0.2, 0) is 6.61 Å². The Morgan fingerprint density at radius 2 is 2.00 bits per heavy atom. The van der Waals surface area contributed by atoms with Crippen molar-refractivity contribution in [2.24, 2.45) is 0 Å². The van der Waals surface area contributed by atoms with Crippen molar-refractivity contribution >= 4 is 33.3 Å². The Balaban J connectivity index is 1.33. The molecule has 3 aromatic rings. The first-order chi connectivity index (χ1) is 13.7. The second-order valence-electron chi connectivity index (χ2n) is 7.27. The minimum absolute atomic E-state index is 0.127. The third-order valence-corrected chi connectivity index (χ3v) is 6.10. The molecule has 1 fully saturated rings. The first-order valence-electron chi connectivity index (χ1n) is 9.83. The van der Waals surface area contributed by atoms with E-state index in [0.29, 0.717) is 12.6 Å². The van der Waals surface area contributed by atoms with E-state index in [1.54, 1.807) is 11.3 Å². The standard InChI is InChI=1S/C22H25N3O2S/c1-15-13-17(27-14-21-24-19-9-5-6-10-20(19)28-21)11-12-18(15)25-22(26)23-16-7-3-2-4-8-16/h5-6,9-13,16H,2-4,7-8,14H2,1H3,(H2,23,25,26). The highest BCUT2D eigenvalue weighted by Crippen LogP contribution is 2.25. The van der Waals surface area contributed by atoms with Crippen LogP contribution in [0.1, 0.15) is 42.7 Å². The van der Waals surface area contributed by atoms with Gasteiger partial charge in [-0.2, -0.15) is 0 Å². The molecular formula is C22H25N3O2S. The molecule has 5 nitrogen and oxygen atoms in total. The predicted octanol–water partition coefficient (Wildman–Crippen LogP) is 5.64. The molecule has 2 N–H and O–H groups in total. The minimum Gasteiger partial charge on any atom is -0.486 e. The number of hydrogen-bond donors (Lipinski definition) is 2. The number of thiazole rings is 1. The second-order valence-corrected chi connectivity index (χ2v) is 8.39. The average molecular weight is 396 g/mol. The smallest absolute Gasteiger partial charge is 0.319 e. The van der Waals surface area contributed by atoms with E-state index in [-0.39, 0.29) is 6.03 Å². The molecule has 0 unspecified atom stereocenters. The number of para-hydroxylation sites is 1. The Labute approximate surface area is 169 Å². The number of aryl methyl sites for hydroxylation is 1. The Kier molecular flexibility index (Phi) is 5.76. The number of benzene rings is 2. The van der Waals surface area contributed by atoms with Crippen LogP contribution in [0.4, 0.5) is 10.5 Å². The van der Waals surface area contributed by atoms with Gasteiger partial charge in [0.05, 0.1) is 10.2 Å². The van der Waals surface area contributed by atoms with Crippen LogP contribution in [0.2, 0.25) is 0 Å². The van der Waals surface area contributed by atoms with Gasteiger partial charge < -0.3 is 15.4 Å². The first-order valence-corrected chi connectivity index (χ1v) is 10.6. The highest BCUT2D eigenvalue weighted by atomic mass is 32.1. The van der Waals surface area contributed by atoms with E-state index in [1.807, 2.05) is 43.3 Å². The number of hydrogen-bond acceptors (Lipinski definition) is 4. The van der Waals surface area contributed by atoms with Crippen molar-refractivity contribution in [1.82, 2.24) is 10.3 Å². The summed E-state index contributed by atoms with van der Waals surface area (Å²) in [4.78, 5) is 16.8. The summed E-state index contributed by atoms with van der Waals surface area (Å²) in [6, 6.07) is 14.0. The highest BCUT2D eigenvalue weighted by molar-refractivity contribution is 7.18. The molecule has 1 aliphatic carbocycles. The molecule has 4 rings (SSSR count). The SMILES string of the molecule is Cc1cc(OCc2nc3ccccc3s2)ccc1NC(=O)NC1CCCCC1. The van der Waals surface area contributed by atoms with Crippen molar-refractivity contribution in [2.45, 2.75) is 51.7 Å². The number of fused-ring (bicyclic) bond motifs is 1. The maximum atomic E-state index is 12.3. The lowest BCUT2D eigenvalue weighted by atomic mass is 9.96. The largest absolute Gasteiger partial charge is 0.486 e. The van der Waals surface area contributed by atoms with Gasteiger partial charge >= 0.3 is 6.03 Å². The van der Waals surface area contributed by atoms with Crippen LogP contribution >= 0.6 is 11.3 Å². The molecule has 0 bridgehead atoms. The summed E-state index contributed by atoms with van der Waals surface area (Å²) in [5.41, 5.74) is 2.78. The normalized spacial score (nSPS) is 14.8. The van der Waals surface area contributed by atoms with Crippen LogP contribution in [0.3, 0.4) is 0 Å². The van der Waals surface area contributed by atoms with E-state index in [9.17, 15) is 4.79 Å². The van der Waals surface area contributed by atoms with Crippen molar-refractivity contribution in [3.63, 3.8) is 0 Å². The summed E-state index contributed by atoms with van der Waals surface area (Å²) in [7, 11) is 0. The lowest BCUT2D eigenvalue weighted by Gasteiger charge is -2.23. The maximum absolute atomic E-state index is 12.3. The predicted molar refractivity (Wildman–Crippen MR) is 114 cm³/mol. The van der Waals surface area contributed by atoms with Crippen LogP contribution in [0, 0.1) is 6.92 Å². The minimum atomic E-state index is -0.127. The number of carbonyl (C=O) groups is 1. The molecule has 2 amide bonds. The van der Waals surface area contributed by atoms with Gasteiger partial charge in [-0.05, 0) is 55.7 Å². The molecular weight excluding hydrogens is 370 g/mol. The molecule has 1 heterocycles. The van der Waals surface area contributed by atoms with Gasteiger partial charge in [-0.15, -0.1) is 11.3 Å². The summed E-state index contributed by atoms with van der Waals surface area (Å²) in [6.07, 6.45) is 5.82. The third-order valence-electron chi connectivity index (χ3n) is 5.09. The molecule has 1 aliphatic rings. The Hall–Kier alpha value is -2.60. The highest BCUT2D eigenvalue weighted by Gasteiger charge is 2.16. The fraction of sp³-hybridized carbons (Fsp3) is 0.364. The summed E-state index contributed by atoms with van der Waals surface area (Å²) >= 11 is 1.65. The number of nitrogens with zero attached hydrogens (tertiary/aromatic N) is 1. The summed E-state index contributed by atoms with van der Waals surface area (Å²) in [5, 5.41) is 6.99. The van der Waals surface area contributed by atoms with Gasteiger partial charge in [0.15, 0.2) is 0 Å². The van der Waals surface area contributed by atoms with Crippen molar-refractivity contribution in [3.8, 4) is 5.75 Å². The zero-order chi connectivity index (χ0) is 19.3. The molecule has 0 spiro atoms. The summed E-state index contributed by atoms with van der Waals surface area (Å²) in [5.74, 6) is 0.773. The van der Waals surface area contributed by atoms with E-state index < -0.39 is 0 Å². The van der Waals surface area contributed by atoms with Crippen LogP contribution in [-0.4, -0.2) is 17.1 Å². The third kappa shape index (κ3) is 4.62. The quantitative estimate of drug-likeness (QED) is 0.588. The molecule has 146 valence electrons. The van der Waals surface area contributed by atoms with Crippen molar-refractivity contribution < 1.29 is 9.53 Å². The molecule has 2 aromatic carbocycles. The Bertz CT molecular complexity index is 930. The number of amides is 2. The molecule has 0 atom stereocenters. The fourth-order valence-electron chi connectivity index (χ4n) is 3.58. The van der Waals surface area contributed by atoms with Crippen molar-refractivity contribution in [3.05, 3.63) is 53.0 Å². The van der Waals surface area contributed by atoms with Gasteiger partial charge in [0.1, 0.15) is 17.4 Å². The molecule has 1 aromatic heterocycles. The fourth-order valence-corrected chi connectivity index (χ4v) is 4.46. The Morgan fingerprint density at radius 3 is 2.79 bits per heavy atom. The molecule has 0 radical (unpaired) electrons. The average Bonchev–Trinajstić information content (AvgIpc) is 3.12. The first kappa shape index (κ1) is 18.7. The zero-order valence-electron chi connectivity index (χ0n) is 16.0. The lowest BCUT2D eigenvalue weighted by Crippen LogP contribution is -2.39. The number of aromatic nitrogens is 1. The summed E-state index contributed by atoms with van der Waals surface area (Å²) < 4.78 is 7.07. The maximum Gasteiger partial charge on any atom is 0.319 e. The number of rotatable bonds is 5. The van der Waals surface area contributed by atoms with Gasteiger partial charge in [-0.25, -0.2) is 9.78 Å². The molecule has 1 saturated carbocycles. The van der Waals surface area contributed by atoms with Gasteiger partial charge in [0.2, 0.25) is 0 Å². The van der Waals surface area contributed by atoms with Gasteiger partial charge in [0.25, 0.3) is 0 Å². The van der Waals surface area contributed by atoms with Gasteiger partial charge in [0, 0.05) is 11.7 Å². The topological polar surface area (TPSA) is 63.2 Å². The molecule has 28 heavy (non-hydrogen) atoms. The number of nitrogens with one attached hydrogen (secondary N) is 2.